The van der Waals surface area contributed by atoms with E-state index in [0.717, 1.165) is 16.5 Å². The van der Waals surface area contributed by atoms with Crippen molar-refractivity contribution in [3.05, 3.63) is 17.7 Å². The fourth-order valence-electron chi connectivity index (χ4n) is 0.945. The Morgan fingerprint density at radius 2 is 1.67 bits per heavy atom. The van der Waals surface area contributed by atoms with Crippen LogP contribution in [0.2, 0.25) is 0 Å². The summed E-state index contributed by atoms with van der Waals surface area (Å²) >= 11 is 3.41. The molecule has 3 heteroatoms. The standard InChI is InChI=1S/C9H13NS2/c1-4-7-5-8(11-2)10-9(6-7)12-3/h5-6H,4H2,1-3H3. The summed E-state index contributed by atoms with van der Waals surface area (Å²) in [6.07, 6.45) is 5.21. The van der Waals surface area contributed by atoms with Gasteiger partial charge in [0.2, 0.25) is 0 Å². The Balaban J connectivity index is 3.01. The van der Waals surface area contributed by atoms with Gasteiger partial charge in [0.15, 0.2) is 0 Å². The molecule has 1 rings (SSSR count). The predicted octanol–water partition coefficient (Wildman–Crippen LogP) is 3.09. The van der Waals surface area contributed by atoms with Crippen LogP contribution in [0.25, 0.3) is 0 Å². The van der Waals surface area contributed by atoms with Crippen LogP contribution >= 0.6 is 23.5 Å². The number of aryl methyl sites for hydroxylation is 1. The molecular formula is C9H13NS2. The first kappa shape index (κ1) is 9.93. The summed E-state index contributed by atoms with van der Waals surface area (Å²) in [7, 11) is 0. The van der Waals surface area contributed by atoms with E-state index in [0.29, 0.717) is 0 Å². The van der Waals surface area contributed by atoms with Crippen LogP contribution in [-0.4, -0.2) is 17.5 Å². The van der Waals surface area contributed by atoms with Crippen molar-refractivity contribution in [1.82, 2.24) is 4.98 Å². The van der Waals surface area contributed by atoms with Crippen LogP contribution in [0.15, 0.2) is 22.2 Å². The van der Waals surface area contributed by atoms with Crippen molar-refractivity contribution < 1.29 is 0 Å². The molecule has 0 N–H and O–H groups in total. The quantitative estimate of drug-likeness (QED) is 0.694. The second-order valence-corrected chi connectivity index (χ2v) is 4.07. The second kappa shape index (κ2) is 4.77. The highest BCUT2D eigenvalue weighted by molar-refractivity contribution is 7.99. The predicted molar refractivity (Wildman–Crippen MR) is 57.2 cm³/mol. The molecule has 0 bridgehead atoms. The van der Waals surface area contributed by atoms with Crippen LogP contribution in [0, 0.1) is 0 Å². The summed E-state index contributed by atoms with van der Waals surface area (Å²) < 4.78 is 0. The Labute approximate surface area is 82.4 Å². The van der Waals surface area contributed by atoms with Crippen LogP contribution in [0.5, 0.6) is 0 Å². The van der Waals surface area contributed by atoms with E-state index in [1.165, 1.54) is 5.56 Å². The Kier molecular flexibility index (Phi) is 3.95. The van der Waals surface area contributed by atoms with Crippen molar-refractivity contribution in [1.29, 1.82) is 0 Å². The summed E-state index contributed by atoms with van der Waals surface area (Å²) in [5.41, 5.74) is 1.37. The molecule has 0 fully saturated rings. The summed E-state index contributed by atoms with van der Waals surface area (Å²) in [5, 5.41) is 2.25. The molecule has 66 valence electrons. The fourth-order valence-corrected chi connectivity index (χ4v) is 1.92. The lowest BCUT2D eigenvalue weighted by Crippen LogP contribution is -1.87. The van der Waals surface area contributed by atoms with E-state index in [1.807, 2.05) is 0 Å². The maximum Gasteiger partial charge on any atom is 0.0973 e. The van der Waals surface area contributed by atoms with Crippen LogP contribution < -0.4 is 0 Å². The highest BCUT2D eigenvalue weighted by atomic mass is 32.2. The van der Waals surface area contributed by atoms with E-state index in [1.54, 1.807) is 23.5 Å². The van der Waals surface area contributed by atoms with Crippen LogP contribution in [0.4, 0.5) is 0 Å². The largest absolute Gasteiger partial charge is 0.235 e. The van der Waals surface area contributed by atoms with Gasteiger partial charge in [-0.2, -0.15) is 0 Å². The lowest BCUT2D eigenvalue weighted by molar-refractivity contribution is 0.966. The molecule has 12 heavy (non-hydrogen) atoms. The molecule has 1 aromatic heterocycles. The molecule has 0 aliphatic rings. The average Bonchev–Trinajstić information content (AvgIpc) is 2.16. The highest BCUT2D eigenvalue weighted by Crippen LogP contribution is 2.20. The minimum atomic E-state index is 1.09. The van der Waals surface area contributed by atoms with Gasteiger partial charge in [0, 0.05) is 0 Å². The average molecular weight is 199 g/mol. The lowest BCUT2D eigenvalue weighted by atomic mass is 10.2. The van der Waals surface area contributed by atoms with Crippen molar-refractivity contribution in [2.24, 2.45) is 0 Å². The smallest absolute Gasteiger partial charge is 0.0973 e. The van der Waals surface area contributed by atoms with E-state index in [2.05, 4.69) is 36.6 Å². The normalized spacial score (nSPS) is 10.2. The molecule has 1 aromatic rings. The van der Waals surface area contributed by atoms with Gasteiger partial charge in [0.25, 0.3) is 0 Å². The van der Waals surface area contributed by atoms with Gasteiger partial charge in [-0.1, -0.05) is 6.92 Å². The topological polar surface area (TPSA) is 12.9 Å². The molecule has 0 aliphatic carbocycles. The van der Waals surface area contributed by atoms with Gasteiger partial charge in [-0.3, -0.25) is 0 Å². The number of aromatic nitrogens is 1. The Bertz CT molecular complexity index is 205. The first-order valence-electron chi connectivity index (χ1n) is 3.89. The van der Waals surface area contributed by atoms with E-state index in [4.69, 9.17) is 0 Å². The molecule has 0 aromatic carbocycles. The van der Waals surface area contributed by atoms with E-state index < -0.39 is 0 Å². The third-order valence-electron chi connectivity index (χ3n) is 1.66. The molecule has 0 amide bonds. The number of rotatable bonds is 3. The van der Waals surface area contributed by atoms with Crippen molar-refractivity contribution in [2.45, 2.75) is 23.4 Å². The van der Waals surface area contributed by atoms with E-state index in [-0.39, 0.29) is 0 Å². The van der Waals surface area contributed by atoms with Gasteiger partial charge >= 0.3 is 0 Å². The number of thioether (sulfide) groups is 2. The van der Waals surface area contributed by atoms with Gasteiger partial charge in [-0.15, -0.1) is 23.5 Å². The summed E-state index contributed by atoms with van der Waals surface area (Å²) in [6, 6.07) is 4.31. The molecule has 0 unspecified atom stereocenters. The highest BCUT2D eigenvalue weighted by Gasteiger charge is 1.99. The Morgan fingerprint density at radius 1 is 1.17 bits per heavy atom. The maximum atomic E-state index is 4.44. The Morgan fingerprint density at radius 3 is 2.00 bits per heavy atom. The molecule has 0 saturated carbocycles. The van der Waals surface area contributed by atoms with E-state index >= 15 is 0 Å². The molecule has 0 aliphatic heterocycles. The third kappa shape index (κ3) is 2.42. The van der Waals surface area contributed by atoms with E-state index in [9.17, 15) is 0 Å². The lowest BCUT2D eigenvalue weighted by Gasteiger charge is -2.03. The monoisotopic (exact) mass is 199 g/mol. The number of pyridine rings is 1. The molecule has 0 spiro atoms. The van der Waals surface area contributed by atoms with Crippen LogP contribution in [-0.2, 0) is 6.42 Å². The second-order valence-electron chi connectivity index (χ2n) is 2.41. The molecule has 0 atom stereocenters. The van der Waals surface area contributed by atoms with Gasteiger partial charge in [0.1, 0.15) is 0 Å². The van der Waals surface area contributed by atoms with Gasteiger partial charge < -0.3 is 0 Å². The molecule has 0 radical (unpaired) electrons. The van der Waals surface area contributed by atoms with Crippen LogP contribution in [0.1, 0.15) is 12.5 Å². The summed E-state index contributed by atoms with van der Waals surface area (Å²) in [4.78, 5) is 4.44. The van der Waals surface area contributed by atoms with Gasteiger partial charge in [0.05, 0.1) is 10.1 Å². The van der Waals surface area contributed by atoms with Gasteiger partial charge in [-0.05, 0) is 36.6 Å². The van der Waals surface area contributed by atoms with Crippen molar-refractivity contribution in [3.63, 3.8) is 0 Å². The third-order valence-corrected chi connectivity index (χ3v) is 2.92. The molecule has 0 saturated heterocycles. The maximum absolute atomic E-state index is 4.44. The zero-order chi connectivity index (χ0) is 8.97. The Hall–Kier alpha value is -0.150. The zero-order valence-corrected chi connectivity index (χ0v) is 9.26. The number of hydrogen-bond acceptors (Lipinski definition) is 3. The molecule has 1 nitrogen and oxygen atoms in total. The SMILES string of the molecule is CCc1cc(SC)nc(SC)c1. The van der Waals surface area contributed by atoms with Crippen molar-refractivity contribution in [2.75, 3.05) is 12.5 Å². The van der Waals surface area contributed by atoms with Crippen molar-refractivity contribution in [3.8, 4) is 0 Å². The minimum absolute atomic E-state index is 1.09. The van der Waals surface area contributed by atoms with Gasteiger partial charge in [-0.25, -0.2) is 4.98 Å². The van der Waals surface area contributed by atoms with Crippen molar-refractivity contribution >= 4 is 23.5 Å². The fraction of sp³-hybridized carbons (Fsp3) is 0.444. The first-order chi connectivity index (χ1) is 5.80. The first-order valence-corrected chi connectivity index (χ1v) is 6.34. The number of hydrogen-bond donors (Lipinski definition) is 0. The number of nitrogens with zero attached hydrogens (tertiary/aromatic N) is 1. The molecule has 1 heterocycles. The van der Waals surface area contributed by atoms with Crippen LogP contribution in [0.3, 0.4) is 0 Å². The minimum Gasteiger partial charge on any atom is -0.235 e. The molecular weight excluding hydrogens is 186 g/mol. The summed E-state index contributed by atoms with van der Waals surface area (Å²) in [5.74, 6) is 0. The summed E-state index contributed by atoms with van der Waals surface area (Å²) in [6.45, 7) is 2.17. The zero-order valence-electron chi connectivity index (χ0n) is 7.63.